The van der Waals surface area contributed by atoms with E-state index in [1.165, 1.54) is 10.5 Å². The summed E-state index contributed by atoms with van der Waals surface area (Å²) in [5, 5.41) is 2.91. The second kappa shape index (κ2) is 5.09. The molecule has 0 spiro atoms. The first-order chi connectivity index (χ1) is 6.95. The van der Waals surface area contributed by atoms with Crippen molar-refractivity contribution in [1.82, 2.24) is 0 Å². The Bertz CT molecular complexity index is 333. The van der Waals surface area contributed by atoms with E-state index >= 15 is 0 Å². The minimum atomic E-state index is 0.910. The van der Waals surface area contributed by atoms with Crippen LogP contribution in [0.25, 0.3) is 0 Å². The summed E-state index contributed by atoms with van der Waals surface area (Å²) in [7, 11) is 1.82. The van der Waals surface area contributed by atoms with Gasteiger partial charge < -0.3 is 0 Å². The summed E-state index contributed by atoms with van der Waals surface area (Å²) < 4.78 is 0. The lowest BCUT2D eigenvalue weighted by molar-refractivity contribution is 1.77. The van der Waals surface area contributed by atoms with Crippen LogP contribution < -0.4 is 10.5 Å². The maximum absolute atomic E-state index is 2.20. The van der Waals surface area contributed by atoms with Crippen molar-refractivity contribution < 1.29 is 0 Å². The number of hydrogen-bond donors (Lipinski definition) is 0. The van der Waals surface area contributed by atoms with Gasteiger partial charge in [-0.1, -0.05) is 65.9 Å². The topological polar surface area (TPSA) is 0 Å². The molecule has 2 rings (SSSR count). The normalized spacial score (nSPS) is 10.9. The van der Waals surface area contributed by atoms with Crippen LogP contribution in [0.3, 0.4) is 0 Å². The first kappa shape index (κ1) is 9.63. The Kier molecular flexibility index (Phi) is 3.50. The molecular formula is C12H11PSi. The summed E-state index contributed by atoms with van der Waals surface area (Å²) in [6.07, 6.45) is 0. The molecule has 1 atom stereocenters. The zero-order chi connectivity index (χ0) is 9.64. The van der Waals surface area contributed by atoms with Crippen molar-refractivity contribution in [1.29, 1.82) is 0 Å². The maximum Gasteiger partial charge on any atom is 0.117 e. The zero-order valence-corrected chi connectivity index (χ0v) is 9.77. The standard InChI is InChI=1S/C12H11PSi/c1-3-7-11(8-4-1)13-14-12-9-5-2-6-10-12/h1-10,13H. The molecule has 68 valence electrons. The van der Waals surface area contributed by atoms with Gasteiger partial charge in [0, 0.05) is 0 Å². The number of benzene rings is 2. The van der Waals surface area contributed by atoms with E-state index in [1.54, 1.807) is 0 Å². The van der Waals surface area contributed by atoms with E-state index in [0.717, 1.165) is 17.3 Å². The van der Waals surface area contributed by atoms with Crippen molar-refractivity contribution in [2.75, 3.05) is 0 Å². The van der Waals surface area contributed by atoms with Crippen LogP contribution in [0, 0.1) is 0 Å². The molecule has 0 amide bonds. The number of rotatable bonds is 3. The van der Waals surface area contributed by atoms with Crippen molar-refractivity contribution in [3.05, 3.63) is 60.7 Å². The van der Waals surface area contributed by atoms with Crippen molar-refractivity contribution in [2.45, 2.75) is 0 Å². The minimum absolute atomic E-state index is 0.910. The van der Waals surface area contributed by atoms with E-state index in [0.29, 0.717) is 0 Å². The van der Waals surface area contributed by atoms with Gasteiger partial charge in [0.2, 0.25) is 0 Å². The fourth-order valence-corrected chi connectivity index (χ4v) is 4.06. The van der Waals surface area contributed by atoms with Crippen LogP contribution >= 0.6 is 8.13 Å². The molecule has 14 heavy (non-hydrogen) atoms. The average Bonchev–Trinajstić information content (AvgIpc) is 2.29. The Balaban J connectivity index is 1.96. The molecule has 2 radical (unpaired) electrons. The highest BCUT2D eigenvalue weighted by Gasteiger charge is 1.94. The predicted octanol–water partition coefficient (Wildman–Crippen LogP) is 1.94. The summed E-state index contributed by atoms with van der Waals surface area (Å²) >= 11 is 0. The summed E-state index contributed by atoms with van der Waals surface area (Å²) in [6, 6.07) is 21.4. The molecule has 2 aromatic carbocycles. The second-order valence-electron chi connectivity index (χ2n) is 2.98. The van der Waals surface area contributed by atoms with Crippen LogP contribution in [0.4, 0.5) is 0 Å². The van der Waals surface area contributed by atoms with Gasteiger partial charge in [-0.2, -0.15) is 0 Å². The van der Waals surface area contributed by atoms with Gasteiger partial charge in [-0.3, -0.25) is 0 Å². The van der Waals surface area contributed by atoms with Gasteiger partial charge in [-0.05, 0) is 5.30 Å². The lowest BCUT2D eigenvalue weighted by atomic mass is 10.4. The third kappa shape index (κ3) is 2.80. The first-order valence-corrected chi connectivity index (χ1v) is 7.57. The van der Waals surface area contributed by atoms with Crippen molar-refractivity contribution >= 4 is 27.8 Å². The van der Waals surface area contributed by atoms with Gasteiger partial charge in [0.15, 0.2) is 0 Å². The van der Waals surface area contributed by atoms with E-state index in [-0.39, 0.29) is 0 Å². The van der Waals surface area contributed by atoms with Crippen LogP contribution in [0.2, 0.25) is 0 Å². The first-order valence-electron chi connectivity index (χ1n) is 4.57. The van der Waals surface area contributed by atoms with Gasteiger partial charge in [0.1, 0.15) is 9.19 Å². The molecule has 0 saturated heterocycles. The molecule has 0 aliphatic rings. The molecule has 0 aliphatic heterocycles. The molecule has 0 fully saturated rings. The van der Waals surface area contributed by atoms with Gasteiger partial charge in [0.25, 0.3) is 0 Å². The smallest absolute Gasteiger partial charge is 0.101 e. The molecule has 0 nitrogen and oxygen atoms in total. The fraction of sp³-hybridized carbons (Fsp3) is 0. The molecule has 1 unspecified atom stereocenters. The molecule has 0 bridgehead atoms. The second-order valence-corrected chi connectivity index (χ2v) is 6.14. The van der Waals surface area contributed by atoms with Gasteiger partial charge in [0.05, 0.1) is 0 Å². The van der Waals surface area contributed by atoms with Gasteiger partial charge in [-0.15, -0.1) is 8.13 Å². The molecule has 2 heteroatoms. The van der Waals surface area contributed by atoms with E-state index < -0.39 is 0 Å². The summed E-state index contributed by atoms with van der Waals surface area (Å²) in [5.41, 5.74) is 0. The van der Waals surface area contributed by atoms with Crippen LogP contribution in [-0.4, -0.2) is 9.19 Å². The third-order valence-electron chi connectivity index (χ3n) is 1.90. The summed E-state index contributed by atoms with van der Waals surface area (Å²) in [6.45, 7) is 0. The van der Waals surface area contributed by atoms with Crippen LogP contribution in [0.15, 0.2) is 60.7 Å². The summed E-state index contributed by atoms with van der Waals surface area (Å²) in [5.74, 6) is 0. The summed E-state index contributed by atoms with van der Waals surface area (Å²) in [4.78, 5) is 0. The largest absolute Gasteiger partial charge is 0.117 e. The Morgan fingerprint density at radius 3 is 1.93 bits per heavy atom. The molecular weight excluding hydrogens is 203 g/mol. The van der Waals surface area contributed by atoms with E-state index in [1.807, 2.05) is 0 Å². The molecule has 0 heterocycles. The highest BCUT2D eigenvalue weighted by Crippen LogP contribution is 2.05. The number of hydrogen-bond acceptors (Lipinski definition) is 0. The molecule has 0 saturated carbocycles. The maximum atomic E-state index is 2.20. The Morgan fingerprint density at radius 1 is 0.714 bits per heavy atom. The van der Waals surface area contributed by atoms with Gasteiger partial charge in [-0.25, -0.2) is 0 Å². The third-order valence-corrected chi connectivity index (χ3v) is 5.37. The lowest BCUT2D eigenvalue weighted by Crippen LogP contribution is -2.11. The van der Waals surface area contributed by atoms with Crippen LogP contribution in [0.5, 0.6) is 0 Å². The monoisotopic (exact) mass is 214 g/mol. The van der Waals surface area contributed by atoms with Crippen LogP contribution in [0.1, 0.15) is 0 Å². The Morgan fingerprint density at radius 2 is 1.29 bits per heavy atom. The highest BCUT2D eigenvalue weighted by atomic mass is 31.3. The lowest BCUT2D eigenvalue weighted by Gasteiger charge is -2.00. The van der Waals surface area contributed by atoms with Crippen LogP contribution in [-0.2, 0) is 0 Å². The average molecular weight is 214 g/mol. The zero-order valence-electron chi connectivity index (χ0n) is 7.77. The predicted molar refractivity (Wildman–Crippen MR) is 66.2 cm³/mol. The van der Waals surface area contributed by atoms with E-state index in [2.05, 4.69) is 60.7 Å². The van der Waals surface area contributed by atoms with E-state index in [4.69, 9.17) is 0 Å². The fourth-order valence-electron chi connectivity index (χ4n) is 1.19. The molecule has 0 aliphatic carbocycles. The van der Waals surface area contributed by atoms with Crippen molar-refractivity contribution in [2.24, 2.45) is 0 Å². The Labute approximate surface area is 88.8 Å². The quantitative estimate of drug-likeness (QED) is 0.541. The Hall–Kier alpha value is -0.913. The highest BCUT2D eigenvalue weighted by molar-refractivity contribution is 7.79. The van der Waals surface area contributed by atoms with E-state index in [9.17, 15) is 0 Å². The van der Waals surface area contributed by atoms with Crippen molar-refractivity contribution in [3.63, 3.8) is 0 Å². The SMILES string of the molecule is c1ccc([Si]Pc2ccccc2)cc1. The minimum Gasteiger partial charge on any atom is -0.101 e. The molecule has 2 aromatic rings. The van der Waals surface area contributed by atoms with Gasteiger partial charge >= 0.3 is 0 Å². The molecule has 0 N–H and O–H groups in total. The molecule has 0 aromatic heterocycles. The van der Waals surface area contributed by atoms with Crippen molar-refractivity contribution in [3.8, 4) is 0 Å².